The van der Waals surface area contributed by atoms with Crippen LogP contribution in [0.4, 0.5) is 0 Å². The van der Waals surface area contributed by atoms with Crippen LogP contribution < -0.4 is 0 Å². The number of carboxylic acids is 1. The Hall–Kier alpha value is -1.10. The summed E-state index contributed by atoms with van der Waals surface area (Å²) in [6.07, 6.45) is 6.23. The molecule has 2 rings (SSSR count). The van der Waals surface area contributed by atoms with Gasteiger partial charge in [0.1, 0.15) is 6.04 Å². The van der Waals surface area contributed by atoms with Crippen LogP contribution in [0.15, 0.2) is 0 Å². The maximum Gasteiger partial charge on any atom is 0.320 e. The molecule has 1 amide bonds. The molecule has 1 saturated heterocycles. The molecule has 5 nitrogen and oxygen atoms in total. The van der Waals surface area contributed by atoms with Crippen molar-refractivity contribution in [1.82, 2.24) is 9.80 Å². The number of carbonyl (C=O) groups excluding carboxylic acids is 1. The van der Waals surface area contributed by atoms with Gasteiger partial charge < -0.3 is 10.0 Å². The molecule has 1 aliphatic carbocycles. The van der Waals surface area contributed by atoms with E-state index < -0.39 is 12.0 Å². The Balaban J connectivity index is 1.92. The molecule has 114 valence electrons. The van der Waals surface area contributed by atoms with Gasteiger partial charge in [-0.1, -0.05) is 19.8 Å². The van der Waals surface area contributed by atoms with Gasteiger partial charge in [-0.2, -0.15) is 0 Å². The van der Waals surface area contributed by atoms with Crippen LogP contribution in [0.1, 0.15) is 45.4 Å². The van der Waals surface area contributed by atoms with Gasteiger partial charge in [0, 0.05) is 13.1 Å². The number of carboxylic acid groups (broad SMARTS) is 1. The summed E-state index contributed by atoms with van der Waals surface area (Å²) in [6.45, 7) is 3.18. The normalized spacial score (nSPS) is 31.2. The standard InChI is InChI=1S/C15H26N2O3/c1-11-6-3-4-7-12(11)16(2)14(18)10-17-9-5-8-13(17)15(19)20/h11-13H,3-10H2,1-2H3,(H,19,20)/t11?,12?,13-/m0/s1. The monoisotopic (exact) mass is 282 g/mol. The van der Waals surface area contributed by atoms with E-state index in [0.717, 1.165) is 19.4 Å². The lowest BCUT2D eigenvalue weighted by atomic mass is 9.85. The minimum absolute atomic E-state index is 0.0666. The van der Waals surface area contributed by atoms with E-state index in [1.54, 1.807) is 0 Å². The third kappa shape index (κ3) is 3.32. The van der Waals surface area contributed by atoms with Crippen molar-refractivity contribution in [2.24, 2.45) is 5.92 Å². The maximum atomic E-state index is 12.4. The predicted molar refractivity (Wildman–Crippen MR) is 76.4 cm³/mol. The quantitative estimate of drug-likeness (QED) is 0.850. The lowest BCUT2D eigenvalue weighted by Crippen LogP contribution is -2.48. The zero-order valence-electron chi connectivity index (χ0n) is 12.5. The van der Waals surface area contributed by atoms with Crippen molar-refractivity contribution >= 4 is 11.9 Å². The molecule has 0 radical (unpaired) electrons. The van der Waals surface area contributed by atoms with Crippen molar-refractivity contribution in [3.05, 3.63) is 0 Å². The summed E-state index contributed by atoms with van der Waals surface area (Å²) >= 11 is 0. The highest BCUT2D eigenvalue weighted by Crippen LogP contribution is 2.27. The van der Waals surface area contributed by atoms with E-state index in [1.807, 2.05) is 16.8 Å². The van der Waals surface area contributed by atoms with Gasteiger partial charge in [0.05, 0.1) is 6.54 Å². The van der Waals surface area contributed by atoms with Crippen LogP contribution in [0, 0.1) is 5.92 Å². The number of carbonyl (C=O) groups is 2. The fourth-order valence-corrected chi connectivity index (χ4v) is 3.64. The molecule has 1 aliphatic heterocycles. The number of likely N-dealkylation sites (N-methyl/N-ethyl adjacent to an activating group) is 1. The van der Waals surface area contributed by atoms with Crippen molar-refractivity contribution in [3.8, 4) is 0 Å². The maximum absolute atomic E-state index is 12.4. The van der Waals surface area contributed by atoms with Crippen molar-refractivity contribution in [3.63, 3.8) is 0 Å². The van der Waals surface area contributed by atoms with Crippen molar-refractivity contribution < 1.29 is 14.7 Å². The van der Waals surface area contributed by atoms with E-state index in [-0.39, 0.29) is 12.5 Å². The highest BCUT2D eigenvalue weighted by Gasteiger charge is 2.34. The number of hydrogen-bond acceptors (Lipinski definition) is 3. The van der Waals surface area contributed by atoms with E-state index in [9.17, 15) is 9.59 Å². The SMILES string of the molecule is CC1CCCCC1N(C)C(=O)CN1CCC[C@H]1C(=O)O. The van der Waals surface area contributed by atoms with Crippen LogP contribution in [-0.4, -0.2) is 59.0 Å². The average molecular weight is 282 g/mol. The molecule has 2 unspecified atom stereocenters. The van der Waals surface area contributed by atoms with Gasteiger partial charge in [-0.15, -0.1) is 0 Å². The van der Waals surface area contributed by atoms with Crippen LogP contribution in [0.5, 0.6) is 0 Å². The highest BCUT2D eigenvalue weighted by atomic mass is 16.4. The molecule has 0 aromatic carbocycles. The number of nitrogens with zero attached hydrogens (tertiary/aromatic N) is 2. The second-order valence-corrected chi connectivity index (χ2v) is 6.30. The fourth-order valence-electron chi connectivity index (χ4n) is 3.64. The van der Waals surface area contributed by atoms with Crippen molar-refractivity contribution in [2.75, 3.05) is 20.1 Å². The number of rotatable bonds is 4. The average Bonchev–Trinajstić information content (AvgIpc) is 2.86. The van der Waals surface area contributed by atoms with E-state index >= 15 is 0 Å². The molecule has 2 fully saturated rings. The van der Waals surface area contributed by atoms with E-state index in [4.69, 9.17) is 5.11 Å². The first-order valence-electron chi connectivity index (χ1n) is 7.73. The van der Waals surface area contributed by atoms with E-state index in [0.29, 0.717) is 18.4 Å². The number of aliphatic carboxylic acids is 1. The molecule has 1 saturated carbocycles. The molecule has 0 aromatic heterocycles. The summed E-state index contributed by atoms with van der Waals surface area (Å²) < 4.78 is 0. The molecule has 5 heteroatoms. The first-order chi connectivity index (χ1) is 9.50. The van der Waals surface area contributed by atoms with Crippen LogP contribution in [-0.2, 0) is 9.59 Å². The van der Waals surface area contributed by atoms with E-state index in [2.05, 4.69) is 6.92 Å². The van der Waals surface area contributed by atoms with Gasteiger partial charge in [-0.25, -0.2) is 0 Å². The van der Waals surface area contributed by atoms with E-state index in [1.165, 1.54) is 19.3 Å². The van der Waals surface area contributed by atoms with Gasteiger partial charge in [0.25, 0.3) is 0 Å². The summed E-state index contributed by atoms with van der Waals surface area (Å²) in [5.74, 6) is -0.188. The Kier molecular flexibility index (Phi) is 5.02. The highest BCUT2D eigenvalue weighted by molar-refractivity contribution is 5.80. The zero-order valence-corrected chi connectivity index (χ0v) is 12.5. The first-order valence-corrected chi connectivity index (χ1v) is 7.73. The van der Waals surface area contributed by atoms with Gasteiger partial charge in [0.15, 0.2) is 0 Å². The molecule has 0 bridgehead atoms. The second-order valence-electron chi connectivity index (χ2n) is 6.30. The molecule has 20 heavy (non-hydrogen) atoms. The molecular weight excluding hydrogens is 256 g/mol. The lowest BCUT2D eigenvalue weighted by Gasteiger charge is -2.37. The van der Waals surface area contributed by atoms with Crippen molar-refractivity contribution in [2.45, 2.75) is 57.5 Å². The lowest BCUT2D eigenvalue weighted by molar-refractivity contribution is -0.143. The molecular formula is C15H26N2O3. The number of amides is 1. The third-order valence-corrected chi connectivity index (χ3v) is 4.94. The zero-order chi connectivity index (χ0) is 14.7. The molecule has 2 aliphatic rings. The van der Waals surface area contributed by atoms with Crippen molar-refractivity contribution in [1.29, 1.82) is 0 Å². The Morgan fingerprint density at radius 1 is 1.20 bits per heavy atom. The fraction of sp³-hybridized carbons (Fsp3) is 0.867. The first kappa shape index (κ1) is 15.3. The summed E-state index contributed by atoms with van der Waals surface area (Å²) in [6, 6.07) is -0.154. The molecule has 1 N–H and O–H groups in total. The minimum Gasteiger partial charge on any atom is -0.480 e. The second kappa shape index (κ2) is 6.57. The Morgan fingerprint density at radius 3 is 2.55 bits per heavy atom. The summed E-state index contributed by atoms with van der Waals surface area (Å²) in [5, 5.41) is 9.16. The minimum atomic E-state index is -0.802. The van der Waals surface area contributed by atoms with Crippen LogP contribution in [0.3, 0.4) is 0 Å². The summed E-state index contributed by atoms with van der Waals surface area (Å²) in [5.41, 5.74) is 0. The summed E-state index contributed by atoms with van der Waals surface area (Å²) in [4.78, 5) is 27.2. The largest absolute Gasteiger partial charge is 0.480 e. The smallest absolute Gasteiger partial charge is 0.320 e. The Bertz CT molecular complexity index is 372. The van der Waals surface area contributed by atoms with Gasteiger partial charge in [-0.05, 0) is 38.1 Å². The van der Waals surface area contributed by atoms with Crippen LogP contribution in [0.2, 0.25) is 0 Å². The molecule has 0 aromatic rings. The molecule has 3 atom stereocenters. The molecule has 0 spiro atoms. The van der Waals surface area contributed by atoms with Gasteiger partial charge in [0.2, 0.25) is 5.91 Å². The molecule has 1 heterocycles. The number of hydrogen-bond donors (Lipinski definition) is 1. The number of likely N-dealkylation sites (tertiary alicyclic amines) is 1. The Morgan fingerprint density at radius 2 is 1.90 bits per heavy atom. The topological polar surface area (TPSA) is 60.9 Å². The van der Waals surface area contributed by atoms with Crippen LogP contribution >= 0.6 is 0 Å². The van der Waals surface area contributed by atoms with Gasteiger partial charge >= 0.3 is 5.97 Å². The van der Waals surface area contributed by atoms with Crippen LogP contribution in [0.25, 0.3) is 0 Å². The summed E-state index contributed by atoms with van der Waals surface area (Å²) in [7, 11) is 1.88. The third-order valence-electron chi connectivity index (χ3n) is 4.94. The predicted octanol–water partition coefficient (Wildman–Crippen LogP) is 1.57. The van der Waals surface area contributed by atoms with Gasteiger partial charge in [-0.3, -0.25) is 14.5 Å². The Labute approximate surface area is 120 Å².